The van der Waals surface area contributed by atoms with Gasteiger partial charge in [-0.15, -0.1) is 0 Å². The van der Waals surface area contributed by atoms with Crippen molar-refractivity contribution in [3.8, 4) is 22.3 Å². The molecule has 4 aromatic rings. The first kappa shape index (κ1) is 42.1. The van der Waals surface area contributed by atoms with Crippen LogP contribution in [0.15, 0.2) is 84.9 Å². The summed E-state index contributed by atoms with van der Waals surface area (Å²) in [5, 5.41) is 0. The Kier molecular flexibility index (Phi) is 11.0. The molecule has 0 amide bonds. The molecule has 0 heterocycles. The molecule has 55 heavy (non-hydrogen) atoms. The van der Waals surface area contributed by atoms with Gasteiger partial charge in [-0.2, -0.15) is 0 Å². The molecule has 0 aliphatic heterocycles. The van der Waals surface area contributed by atoms with Crippen LogP contribution in [-0.2, 0) is 38.8 Å². The molecule has 2 heteroatoms. The zero-order valence-electron chi connectivity index (χ0n) is 37.5. The number of unbranched alkanes of at least 4 members (excludes halogenated alkanes) is 1. The third-order valence-electron chi connectivity index (χ3n) is 14.0. The van der Waals surface area contributed by atoms with E-state index in [2.05, 4.69) is 203 Å². The van der Waals surface area contributed by atoms with E-state index in [4.69, 9.17) is 0 Å². The number of rotatable bonds is 7. The molecule has 2 unspecified atom stereocenters. The second kappa shape index (κ2) is 14.4. The summed E-state index contributed by atoms with van der Waals surface area (Å²) in [6.45, 7) is 33.4. The van der Waals surface area contributed by atoms with Gasteiger partial charge < -0.3 is 0 Å². The molecule has 4 aromatic carbocycles. The van der Waals surface area contributed by atoms with E-state index in [1.54, 1.807) is 11.1 Å². The van der Waals surface area contributed by atoms with E-state index in [9.17, 15) is 0 Å². The minimum atomic E-state index is -3.97. The third kappa shape index (κ3) is 7.74. The average molecular weight is 916 g/mol. The van der Waals surface area contributed by atoms with Crippen LogP contribution in [0.2, 0.25) is 22.0 Å². The monoisotopic (exact) mass is 916 g/mol. The van der Waals surface area contributed by atoms with E-state index in [1.807, 2.05) is 0 Å². The Morgan fingerprint density at radius 2 is 0.873 bits per heavy atom. The predicted molar refractivity (Wildman–Crippen MR) is 245 cm³/mol. The van der Waals surface area contributed by atoms with Crippen molar-refractivity contribution in [3.63, 3.8) is 0 Å². The molecule has 0 nitrogen and oxygen atoms in total. The van der Waals surface area contributed by atoms with Gasteiger partial charge in [0, 0.05) is 0 Å². The maximum absolute atomic E-state index is 3.97. The Morgan fingerprint density at radius 1 is 0.527 bits per heavy atom. The zero-order chi connectivity index (χ0) is 40.5. The summed E-state index contributed by atoms with van der Waals surface area (Å²) < 4.78 is 6.86. The van der Waals surface area contributed by atoms with Crippen molar-refractivity contribution >= 4 is 17.6 Å². The van der Waals surface area contributed by atoms with Crippen LogP contribution >= 0.6 is 0 Å². The number of fused-ring (bicyclic) bond motifs is 2. The van der Waals surface area contributed by atoms with E-state index in [0.29, 0.717) is 7.35 Å². The van der Waals surface area contributed by atoms with Gasteiger partial charge in [0.2, 0.25) is 0 Å². The van der Waals surface area contributed by atoms with Gasteiger partial charge in [-0.05, 0) is 0 Å². The van der Waals surface area contributed by atoms with Crippen molar-refractivity contribution in [2.75, 3.05) is 0 Å². The molecular formula is C53H72HfSi. The molecule has 0 spiro atoms. The van der Waals surface area contributed by atoms with Gasteiger partial charge >= 0.3 is 340 Å². The van der Waals surface area contributed by atoms with Gasteiger partial charge in [-0.25, -0.2) is 0 Å². The first-order valence-electron chi connectivity index (χ1n) is 21.3. The summed E-state index contributed by atoms with van der Waals surface area (Å²) in [6, 6.07) is 30.9. The van der Waals surface area contributed by atoms with Crippen molar-refractivity contribution < 1.29 is 17.1 Å². The molecule has 0 saturated carbocycles. The Balaban J connectivity index is 1.55. The van der Waals surface area contributed by atoms with Gasteiger partial charge in [0.25, 0.3) is 0 Å². The van der Waals surface area contributed by atoms with Gasteiger partial charge in [0.1, 0.15) is 0 Å². The second-order valence-electron chi connectivity index (χ2n) is 22.4. The summed E-state index contributed by atoms with van der Waals surface area (Å²) in [5.41, 5.74) is 17.0. The van der Waals surface area contributed by atoms with Crippen LogP contribution in [0.1, 0.15) is 155 Å². The molecule has 292 valence electrons. The molecule has 0 saturated heterocycles. The standard InChI is InChI=1S/2C23H27.C5H12Si.2CH3.Hf/c2*1-22(2,3)18-13-17(14-19(15-18)23(4,5)6)21-12-8-10-16-9-7-11-20(16)21;1-3-4-5-6-2;;;/h2*7-15H,1-6H3;3-5H2,1-2H3;2*1H3;. The average Bonchev–Trinajstić information content (AvgIpc) is 3.75. The van der Waals surface area contributed by atoms with E-state index in [-0.39, 0.29) is 21.7 Å². The molecule has 6 rings (SSSR count). The molecule has 0 fully saturated rings. The molecule has 0 radical (unpaired) electrons. The van der Waals surface area contributed by atoms with Gasteiger partial charge in [-0.1, -0.05) is 0 Å². The van der Waals surface area contributed by atoms with Crippen LogP contribution in [-0.4, -0.2) is 5.49 Å². The van der Waals surface area contributed by atoms with Crippen LogP contribution in [0.4, 0.5) is 0 Å². The van der Waals surface area contributed by atoms with E-state index >= 15 is 0 Å². The summed E-state index contributed by atoms with van der Waals surface area (Å²) in [6.07, 6.45) is 13.1. The van der Waals surface area contributed by atoms with Crippen molar-refractivity contribution in [1.29, 1.82) is 0 Å². The first-order valence-corrected chi connectivity index (χ1v) is 40.3. The Hall–Kier alpha value is -2.55. The summed E-state index contributed by atoms with van der Waals surface area (Å²) in [5.74, 6) is 0. The Morgan fingerprint density at radius 3 is 1.18 bits per heavy atom. The first-order chi connectivity index (χ1) is 25.3. The third-order valence-corrected chi connectivity index (χ3v) is 72.0. The second-order valence-corrected chi connectivity index (χ2v) is 69.8. The van der Waals surface area contributed by atoms with E-state index < -0.39 is 22.6 Å². The van der Waals surface area contributed by atoms with Crippen LogP contribution in [0.25, 0.3) is 34.4 Å². The summed E-state index contributed by atoms with van der Waals surface area (Å²) in [4.78, 5) is 0. The quantitative estimate of drug-likeness (QED) is 0.162. The van der Waals surface area contributed by atoms with E-state index in [0.717, 1.165) is 0 Å². The maximum atomic E-state index is 2.91. The number of benzene rings is 4. The van der Waals surface area contributed by atoms with Crippen molar-refractivity contribution in [2.24, 2.45) is 0 Å². The fourth-order valence-corrected chi connectivity index (χ4v) is 53.3. The number of allylic oxidation sites excluding steroid dienone is 2. The van der Waals surface area contributed by atoms with Gasteiger partial charge in [0.05, 0.1) is 0 Å². The molecule has 2 aliphatic carbocycles. The van der Waals surface area contributed by atoms with Crippen molar-refractivity contribution in [1.82, 2.24) is 0 Å². The molecule has 0 bridgehead atoms. The molecule has 0 N–H and O–H groups in total. The fraction of sp³-hybridized carbons (Fsp3) is 0.472. The molecule has 2 atom stereocenters. The zero-order valence-corrected chi connectivity index (χ0v) is 42.1. The van der Waals surface area contributed by atoms with Crippen molar-refractivity contribution in [2.45, 2.75) is 154 Å². The molecular weight excluding hydrogens is 843 g/mol. The minimum absolute atomic E-state index is 0.0809. The summed E-state index contributed by atoms with van der Waals surface area (Å²) >= 11 is -3.97. The number of hydrogen-bond acceptors (Lipinski definition) is 0. The Labute approximate surface area is 338 Å². The van der Waals surface area contributed by atoms with Gasteiger partial charge in [0.15, 0.2) is 0 Å². The normalized spacial score (nSPS) is 17.5. The van der Waals surface area contributed by atoms with Crippen LogP contribution in [0.3, 0.4) is 0 Å². The van der Waals surface area contributed by atoms with E-state index in [1.165, 1.54) is 74.5 Å². The fourth-order valence-electron chi connectivity index (χ4n) is 9.58. The molecule has 2 aliphatic rings. The SMILES string of the molecule is CCCC[Si](C)=[Hf]([CH3])([CH3])([CH]1C=Cc2c(-c3cc(C(C)(C)C)cc(C(C)(C)C)c3)cccc21)[CH]1C=Cc2c(-c3cc(C(C)(C)C)cc(C(C)(C)C)c3)cccc21. The Bertz CT molecular complexity index is 2040. The van der Waals surface area contributed by atoms with Crippen LogP contribution < -0.4 is 0 Å². The summed E-state index contributed by atoms with van der Waals surface area (Å²) in [7, 11) is 0. The van der Waals surface area contributed by atoms with Gasteiger partial charge in [-0.3, -0.25) is 0 Å². The molecule has 0 aromatic heterocycles. The van der Waals surface area contributed by atoms with Crippen molar-refractivity contribution in [3.05, 3.63) is 129 Å². The van der Waals surface area contributed by atoms with Crippen LogP contribution in [0, 0.1) is 0 Å². The van der Waals surface area contributed by atoms with Crippen LogP contribution in [0.5, 0.6) is 0 Å². The number of hydrogen-bond donors (Lipinski definition) is 0. The topological polar surface area (TPSA) is 0 Å². The predicted octanol–water partition coefficient (Wildman–Crippen LogP) is 16.3.